The molecule has 27 heavy (non-hydrogen) atoms. The molecule has 1 aliphatic rings. The summed E-state index contributed by atoms with van der Waals surface area (Å²) >= 11 is 0. The summed E-state index contributed by atoms with van der Waals surface area (Å²) < 4.78 is 24.1. The van der Waals surface area contributed by atoms with E-state index in [4.69, 9.17) is 25.1 Å². The smallest absolute Gasteiger partial charge is 0.192 e. The SMILES string of the molecule is C#CCO[C@@H]1C=C[C@H](OCc2ccccc2)[C@@H](CO[Si](C)(C)C(C)(C)C)O1. The zero-order chi connectivity index (χ0) is 19.9. The minimum absolute atomic E-state index is 0.136. The standard InChI is InChI=1S/C22H32O4Si/c1-7-15-23-21-14-13-19(24-16-18-11-9-8-10-12-18)20(26-21)17-25-27(5,6)22(2,3)4/h1,8-14,19-21H,15-17H2,2-6H3/t19-,20+,21-/m0/s1. The number of benzene rings is 1. The van der Waals surface area contributed by atoms with Crippen LogP contribution in [0.2, 0.25) is 18.1 Å². The van der Waals surface area contributed by atoms with Crippen LogP contribution in [0.1, 0.15) is 26.3 Å². The maximum Gasteiger partial charge on any atom is 0.192 e. The Morgan fingerprint density at radius 2 is 1.81 bits per heavy atom. The van der Waals surface area contributed by atoms with E-state index in [0.717, 1.165) is 5.56 Å². The number of hydrogen-bond donors (Lipinski definition) is 0. The van der Waals surface area contributed by atoms with Crippen LogP contribution in [0.5, 0.6) is 0 Å². The van der Waals surface area contributed by atoms with Crippen molar-refractivity contribution in [3.05, 3.63) is 48.0 Å². The van der Waals surface area contributed by atoms with Crippen LogP contribution in [0.25, 0.3) is 0 Å². The molecule has 0 saturated carbocycles. The van der Waals surface area contributed by atoms with Crippen LogP contribution in [0.4, 0.5) is 0 Å². The lowest BCUT2D eigenvalue weighted by Gasteiger charge is -2.39. The molecule has 5 heteroatoms. The normalized spacial score (nSPS) is 23.2. The van der Waals surface area contributed by atoms with Crippen LogP contribution >= 0.6 is 0 Å². The Kier molecular flexibility index (Phi) is 7.84. The summed E-state index contributed by atoms with van der Waals surface area (Å²) in [7, 11) is -1.89. The van der Waals surface area contributed by atoms with Crippen molar-refractivity contribution >= 4 is 8.32 Å². The number of rotatable bonds is 8. The summed E-state index contributed by atoms with van der Waals surface area (Å²) in [6, 6.07) is 10.1. The molecule has 0 spiro atoms. The molecule has 1 aliphatic heterocycles. The van der Waals surface area contributed by atoms with Gasteiger partial charge in [-0.25, -0.2) is 0 Å². The molecule has 0 unspecified atom stereocenters. The van der Waals surface area contributed by atoms with Gasteiger partial charge in [-0.3, -0.25) is 0 Å². The third-order valence-electron chi connectivity index (χ3n) is 5.16. The molecule has 2 rings (SSSR count). The Balaban J connectivity index is 2.02. The van der Waals surface area contributed by atoms with E-state index in [1.54, 1.807) is 0 Å². The fourth-order valence-corrected chi connectivity index (χ4v) is 3.43. The van der Waals surface area contributed by atoms with E-state index in [9.17, 15) is 0 Å². The average Bonchev–Trinajstić information content (AvgIpc) is 2.63. The Morgan fingerprint density at radius 1 is 1.11 bits per heavy atom. The predicted molar refractivity (Wildman–Crippen MR) is 111 cm³/mol. The summed E-state index contributed by atoms with van der Waals surface area (Å²) in [6.07, 6.45) is 8.23. The first-order chi connectivity index (χ1) is 12.7. The minimum Gasteiger partial charge on any atom is -0.414 e. The quantitative estimate of drug-likeness (QED) is 0.373. The number of ether oxygens (including phenoxy) is 3. The van der Waals surface area contributed by atoms with Gasteiger partial charge < -0.3 is 18.6 Å². The number of terminal acetylenes is 1. The van der Waals surface area contributed by atoms with Crippen molar-refractivity contribution < 1.29 is 18.6 Å². The van der Waals surface area contributed by atoms with Gasteiger partial charge in [0.15, 0.2) is 14.6 Å². The van der Waals surface area contributed by atoms with Crippen molar-refractivity contribution in [2.75, 3.05) is 13.2 Å². The van der Waals surface area contributed by atoms with Crippen LogP contribution < -0.4 is 0 Å². The summed E-state index contributed by atoms with van der Waals surface area (Å²) in [4.78, 5) is 0. The molecule has 148 valence electrons. The third kappa shape index (κ3) is 6.60. The van der Waals surface area contributed by atoms with Gasteiger partial charge in [0.2, 0.25) is 0 Å². The Hall–Kier alpha value is -1.42. The van der Waals surface area contributed by atoms with Crippen molar-refractivity contribution in [2.45, 2.75) is 64.0 Å². The molecule has 0 aromatic heterocycles. The molecule has 0 amide bonds. The van der Waals surface area contributed by atoms with Crippen LogP contribution in [-0.2, 0) is 25.2 Å². The van der Waals surface area contributed by atoms with Gasteiger partial charge in [-0.05, 0) is 29.8 Å². The highest BCUT2D eigenvalue weighted by Gasteiger charge is 2.39. The zero-order valence-corrected chi connectivity index (χ0v) is 18.1. The molecule has 0 fully saturated rings. The second-order valence-electron chi connectivity index (χ2n) is 8.28. The van der Waals surface area contributed by atoms with Gasteiger partial charge >= 0.3 is 0 Å². The van der Waals surface area contributed by atoms with E-state index < -0.39 is 14.6 Å². The van der Waals surface area contributed by atoms with Gasteiger partial charge in [0.25, 0.3) is 0 Å². The second kappa shape index (κ2) is 9.68. The molecule has 0 aliphatic carbocycles. The monoisotopic (exact) mass is 388 g/mol. The lowest BCUT2D eigenvalue weighted by Crippen LogP contribution is -2.47. The van der Waals surface area contributed by atoms with Crippen molar-refractivity contribution in [1.82, 2.24) is 0 Å². The van der Waals surface area contributed by atoms with Crippen LogP contribution in [0, 0.1) is 12.3 Å². The van der Waals surface area contributed by atoms with E-state index in [1.165, 1.54) is 0 Å². The van der Waals surface area contributed by atoms with E-state index in [2.05, 4.69) is 39.8 Å². The molecule has 0 radical (unpaired) electrons. The maximum absolute atomic E-state index is 6.37. The molecular weight excluding hydrogens is 356 g/mol. The predicted octanol–water partition coefficient (Wildman–Crippen LogP) is 4.52. The van der Waals surface area contributed by atoms with Crippen molar-refractivity contribution in [1.29, 1.82) is 0 Å². The fraction of sp³-hybridized carbons (Fsp3) is 0.545. The van der Waals surface area contributed by atoms with Gasteiger partial charge in [-0.2, -0.15) is 0 Å². The Bertz CT molecular complexity index is 643. The van der Waals surface area contributed by atoms with Gasteiger partial charge in [0.05, 0.1) is 13.2 Å². The Morgan fingerprint density at radius 3 is 2.44 bits per heavy atom. The highest BCUT2D eigenvalue weighted by atomic mass is 28.4. The van der Waals surface area contributed by atoms with Crippen LogP contribution in [-0.4, -0.2) is 40.0 Å². The first kappa shape index (κ1) is 21.9. The summed E-state index contributed by atoms with van der Waals surface area (Å²) in [5, 5.41) is 0.136. The van der Waals surface area contributed by atoms with Crippen LogP contribution in [0.3, 0.4) is 0 Å². The van der Waals surface area contributed by atoms with Gasteiger partial charge in [0.1, 0.15) is 18.8 Å². The summed E-state index contributed by atoms with van der Waals surface area (Å²) in [5.74, 6) is 2.47. The van der Waals surface area contributed by atoms with Gasteiger partial charge in [-0.1, -0.05) is 63.1 Å². The Labute approximate surface area is 165 Å². The zero-order valence-electron chi connectivity index (χ0n) is 17.1. The van der Waals surface area contributed by atoms with E-state index in [-0.39, 0.29) is 23.9 Å². The molecule has 0 N–H and O–H groups in total. The lowest BCUT2D eigenvalue weighted by molar-refractivity contribution is -0.183. The molecule has 1 aromatic rings. The topological polar surface area (TPSA) is 36.9 Å². The first-order valence-corrected chi connectivity index (χ1v) is 12.3. The highest BCUT2D eigenvalue weighted by molar-refractivity contribution is 6.74. The highest BCUT2D eigenvalue weighted by Crippen LogP contribution is 2.37. The van der Waals surface area contributed by atoms with Crippen LogP contribution in [0.15, 0.2) is 42.5 Å². The van der Waals surface area contributed by atoms with E-state index in [1.807, 2.05) is 42.5 Å². The minimum atomic E-state index is -1.89. The molecule has 4 nitrogen and oxygen atoms in total. The summed E-state index contributed by atoms with van der Waals surface area (Å²) in [5.41, 5.74) is 1.13. The molecule has 1 aromatic carbocycles. The van der Waals surface area contributed by atoms with Crippen molar-refractivity contribution in [2.24, 2.45) is 0 Å². The number of hydrogen-bond acceptors (Lipinski definition) is 4. The maximum atomic E-state index is 6.37. The third-order valence-corrected chi connectivity index (χ3v) is 9.66. The molecule has 3 atom stereocenters. The average molecular weight is 389 g/mol. The van der Waals surface area contributed by atoms with Gasteiger partial charge in [0, 0.05) is 0 Å². The van der Waals surface area contributed by atoms with E-state index >= 15 is 0 Å². The molecule has 1 heterocycles. The van der Waals surface area contributed by atoms with Crippen molar-refractivity contribution in [3.63, 3.8) is 0 Å². The first-order valence-electron chi connectivity index (χ1n) is 9.41. The molecule has 0 bridgehead atoms. The molecule has 0 saturated heterocycles. The molecular formula is C22H32O4Si. The van der Waals surface area contributed by atoms with Crippen molar-refractivity contribution in [3.8, 4) is 12.3 Å². The lowest BCUT2D eigenvalue weighted by atomic mass is 10.1. The van der Waals surface area contributed by atoms with Gasteiger partial charge in [-0.15, -0.1) is 6.42 Å². The van der Waals surface area contributed by atoms with E-state index in [0.29, 0.717) is 13.2 Å². The second-order valence-corrected chi connectivity index (χ2v) is 13.1. The largest absolute Gasteiger partial charge is 0.414 e. The summed E-state index contributed by atoms with van der Waals surface area (Å²) in [6.45, 7) is 12.3. The fourth-order valence-electron chi connectivity index (χ4n) is 2.41.